The van der Waals surface area contributed by atoms with Crippen molar-refractivity contribution in [2.75, 3.05) is 6.61 Å². The maximum absolute atomic E-state index is 5.94. The van der Waals surface area contributed by atoms with Crippen molar-refractivity contribution >= 4 is 0 Å². The smallest absolute Gasteiger partial charge is 0.0577 e. The lowest BCUT2D eigenvalue weighted by Crippen LogP contribution is -2.27. The minimum Gasteiger partial charge on any atom is -0.378 e. The van der Waals surface area contributed by atoms with E-state index in [4.69, 9.17) is 10.5 Å². The molecule has 0 bridgehead atoms. The first-order valence-electron chi connectivity index (χ1n) is 7.00. The van der Waals surface area contributed by atoms with Gasteiger partial charge in [0.1, 0.15) is 0 Å². The quantitative estimate of drug-likeness (QED) is 0.706. The van der Waals surface area contributed by atoms with Gasteiger partial charge in [0.25, 0.3) is 0 Å². The molecule has 0 saturated heterocycles. The summed E-state index contributed by atoms with van der Waals surface area (Å²) < 4.78 is 5.94. The van der Waals surface area contributed by atoms with Gasteiger partial charge in [0.15, 0.2) is 0 Å². The zero-order chi connectivity index (χ0) is 12.0. The van der Waals surface area contributed by atoms with Crippen molar-refractivity contribution in [3.8, 4) is 0 Å². The molecule has 0 aromatic heterocycles. The molecule has 4 atom stereocenters. The second-order valence-electron chi connectivity index (χ2n) is 5.57. The normalized spacial score (nSPS) is 32.6. The average Bonchev–Trinajstić information content (AvgIpc) is 2.28. The summed E-state index contributed by atoms with van der Waals surface area (Å²) >= 11 is 0. The van der Waals surface area contributed by atoms with Gasteiger partial charge in [0.2, 0.25) is 0 Å². The Bertz CT molecular complexity index is 184. The summed E-state index contributed by atoms with van der Waals surface area (Å²) in [7, 11) is 0. The first-order valence-corrected chi connectivity index (χ1v) is 7.00. The minimum absolute atomic E-state index is 0.369. The van der Waals surface area contributed by atoms with Crippen LogP contribution >= 0.6 is 0 Å². The molecule has 1 saturated carbocycles. The van der Waals surface area contributed by atoms with Crippen molar-refractivity contribution in [1.82, 2.24) is 0 Å². The fourth-order valence-electron chi connectivity index (χ4n) is 2.45. The zero-order valence-electron chi connectivity index (χ0n) is 11.2. The molecular weight excluding hydrogens is 198 g/mol. The Balaban J connectivity index is 2.05. The molecule has 0 radical (unpaired) electrons. The molecule has 96 valence electrons. The highest BCUT2D eigenvalue weighted by Gasteiger charge is 2.24. The lowest BCUT2D eigenvalue weighted by Gasteiger charge is -2.32. The summed E-state index contributed by atoms with van der Waals surface area (Å²) in [5.74, 6) is 1.71. The van der Waals surface area contributed by atoms with Gasteiger partial charge >= 0.3 is 0 Å². The molecule has 0 spiro atoms. The Labute approximate surface area is 101 Å². The predicted octanol–water partition coefficient (Wildman–Crippen LogP) is 3.35. The number of hydrogen-bond donors (Lipinski definition) is 1. The molecule has 2 nitrogen and oxygen atoms in total. The largest absolute Gasteiger partial charge is 0.378 e. The summed E-state index contributed by atoms with van der Waals surface area (Å²) in [4.78, 5) is 0. The molecule has 0 aromatic carbocycles. The Morgan fingerprint density at radius 2 is 2.00 bits per heavy atom. The minimum atomic E-state index is 0.369. The van der Waals surface area contributed by atoms with Crippen LogP contribution in [0.25, 0.3) is 0 Å². The summed E-state index contributed by atoms with van der Waals surface area (Å²) in [5.41, 5.74) is 5.88. The number of ether oxygens (including phenoxy) is 1. The summed E-state index contributed by atoms with van der Waals surface area (Å²) in [5, 5.41) is 0. The monoisotopic (exact) mass is 227 g/mol. The summed E-state index contributed by atoms with van der Waals surface area (Å²) in [6, 6.07) is 0.369. The van der Waals surface area contributed by atoms with E-state index in [1.165, 1.54) is 19.3 Å². The molecular formula is C14H29NO. The van der Waals surface area contributed by atoms with Crippen LogP contribution in [0.3, 0.4) is 0 Å². The van der Waals surface area contributed by atoms with E-state index in [0.717, 1.165) is 37.7 Å². The topological polar surface area (TPSA) is 35.2 Å². The third kappa shape index (κ3) is 4.84. The van der Waals surface area contributed by atoms with E-state index < -0.39 is 0 Å². The van der Waals surface area contributed by atoms with Crippen LogP contribution in [0.4, 0.5) is 0 Å². The third-order valence-electron chi connectivity index (χ3n) is 4.15. The van der Waals surface area contributed by atoms with E-state index in [0.29, 0.717) is 12.1 Å². The molecule has 1 aliphatic rings. The molecule has 0 amide bonds. The van der Waals surface area contributed by atoms with Gasteiger partial charge in [-0.3, -0.25) is 0 Å². The highest BCUT2D eigenvalue weighted by atomic mass is 16.5. The average molecular weight is 227 g/mol. The van der Waals surface area contributed by atoms with Gasteiger partial charge in [-0.1, -0.05) is 20.8 Å². The van der Waals surface area contributed by atoms with Gasteiger partial charge in [-0.25, -0.2) is 0 Å². The van der Waals surface area contributed by atoms with Crippen molar-refractivity contribution in [1.29, 1.82) is 0 Å². The van der Waals surface area contributed by atoms with E-state index in [9.17, 15) is 0 Å². The second-order valence-corrected chi connectivity index (χ2v) is 5.57. The Morgan fingerprint density at radius 1 is 1.25 bits per heavy atom. The molecule has 1 aliphatic carbocycles. The molecule has 1 fully saturated rings. The van der Waals surface area contributed by atoms with E-state index in [1.807, 2.05) is 0 Å². The van der Waals surface area contributed by atoms with Crippen LogP contribution in [-0.2, 0) is 4.74 Å². The number of hydrogen-bond acceptors (Lipinski definition) is 2. The highest BCUT2D eigenvalue weighted by Crippen LogP contribution is 2.30. The van der Waals surface area contributed by atoms with Crippen LogP contribution in [0, 0.1) is 11.8 Å². The van der Waals surface area contributed by atoms with Crippen LogP contribution in [0.5, 0.6) is 0 Å². The van der Waals surface area contributed by atoms with Crippen molar-refractivity contribution in [2.24, 2.45) is 17.6 Å². The van der Waals surface area contributed by atoms with E-state index in [1.54, 1.807) is 0 Å². The number of rotatable bonds is 6. The van der Waals surface area contributed by atoms with Gasteiger partial charge in [0.05, 0.1) is 6.10 Å². The van der Waals surface area contributed by atoms with Crippen LogP contribution in [0.1, 0.15) is 59.3 Å². The molecule has 2 N–H and O–H groups in total. The van der Waals surface area contributed by atoms with Crippen LogP contribution in [0.15, 0.2) is 0 Å². The third-order valence-corrected chi connectivity index (χ3v) is 4.15. The first kappa shape index (κ1) is 14.0. The Hall–Kier alpha value is -0.0800. The van der Waals surface area contributed by atoms with E-state index in [-0.39, 0.29) is 0 Å². The highest BCUT2D eigenvalue weighted by molar-refractivity contribution is 4.75. The van der Waals surface area contributed by atoms with Gasteiger partial charge in [0, 0.05) is 12.6 Å². The van der Waals surface area contributed by atoms with Gasteiger partial charge < -0.3 is 10.5 Å². The van der Waals surface area contributed by atoms with Gasteiger partial charge in [-0.05, 0) is 50.4 Å². The standard InChI is InChI=1S/C14H29NO/c1-4-13(15)6-5-9-16-14-8-7-11(2)12(3)10-14/h11-14H,4-10,15H2,1-3H3. The second kappa shape index (κ2) is 7.29. The zero-order valence-corrected chi connectivity index (χ0v) is 11.2. The van der Waals surface area contributed by atoms with Crippen LogP contribution in [-0.4, -0.2) is 18.8 Å². The molecule has 16 heavy (non-hydrogen) atoms. The maximum atomic E-state index is 5.94. The predicted molar refractivity (Wildman–Crippen MR) is 69.4 cm³/mol. The van der Waals surface area contributed by atoms with Gasteiger partial charge in [-0.15, -0.1) is 0 Å². The van der Waals surface area contributed by atoms with Gasteiger partial charge in [-0.2, -0.15) is 0 Å². The summed E-state index contributed by atoms with van der Waals surface area (Å²) in [6.45, 7) is 7.77. The summed E-state index contributed by atoms with van der Waals surface area (Å²) in [6.07, 6.45) is 7.67. The maximum Gasteiger partial charge on any atom is 0.0577 e. The fourth-order valence-corrected chi connectivity index (χ4v) is 2.45. The molecule has 1 rings (SSSR count). The molecule has 0 heterocycles. The van der Waals surface area contributed by atoms with Crippen LogP contribution in [0.2, 0.25) is 0 Å². The van der Waals surface area contributed by atoms with E-state index >= 15 is 0 Å². The SMILES string of the molecule is CCC(N)CCCOC1CCC(C)C(C)C1. The first-order chi connectivity index (χ1) is 7.63. The molecule has 2 heteroatoms. The van der Waals surface area contributed by atoms with Crippen molar-refractivity contribution in [3.63, 3.8) is 0 Å². The van der Waals surface area contributed by atoms with Crippen molar-refractivity contribution < 1.29 is 4.74 Å². The molecule has 0 aromatic rings. The van der Waals surface area contributed by atoms with E-state index in [2.05, 4.69) is 20.8 Å². The number of nitrogens with two attached hydrogens (primary N) is 1. The Kier molecular flexibility index (Phi) is 6.37. The lowest BCUT2D eigenvalue weighted by atomic mass is 9.80. The lowest BCUT2D eigenvalue weighted by molar-refractivity contribution is 0.000691. The fraction of sp³-hybridized carbons (Fsp3) is 1.00. The molecule has 4 unspecified atom stereocenters. The van der Waals surface area contributed by atoms with Crippen molar-refractivity contribution in [3.05, 3.63) is 0 Å². The van der Waals surface area contributed by atoms with Crippen LogP contribution < -0.4 is 5.73 Å². The molecule has 0 aliphatic heterocycles. The van der Waals surface area contributed by atoms with Crippen molar-refractivity contribution in [2.45, 2.75) is 71.4 Å². The Morgan fingerprint density at radius 3 is 2.62 bits per heavy atom.